The molecule has 0 aliphatic rings. The van der Waals surface area contributed by atoms with E-state index in [1.165, 1.54) is 14.2 Å². The largest absolute Gasteiger partial charge is 0.363 e. The van der Waals surface area contributed by atoms with Crippen molar-refractivity contribution in [3.63, 3.8) is 0 Å². The van der Waals surface area contributed by atoms with Crippen LogP contribution in [-0.4, -0.2) is 45.3 Å². The van der Waals surface area contributed by atoms with E-state index >= 15 is 0 Å². The summed E-state index contributed by atoms with van der Waals surface area (Å²) in [7, 11) is 2.67. The van der Waals surface area contributed by atoms with Crippen LogP contribution in [0.4, 0.5) is 0 Å². The van der Waals surface area contributed by atoms with Crippen molar-refractivity contribution in [2.75, 3.05) is 20.8 Å². The van der Waals surface area contributed by atoms with Gasteiger partial charge in [0.15, 0.2) is 12.4 Å². The van der Waals surface area contributed by atoms with Gasteiger partial charge in [-0.05, 0) is 6.42 Å². The van der Waals surface area contributed by atoms with Gasteiger partial charge in [-0.15, -0.1) is 0 Å². The Morgan fingerprint density at radius 2 is 1.93 bits per heavy atom. The predicted molar refractivity (Wildman–Crippen MR) is 53.5 cm³/mol. The van der Waals surface area contributed by atoms with Gasteiger partial charge in [-0.3, -0.25) is 9.59 Å². The normalized spacial score (nSPS) is 12.8. The second-order valence-corrected chi connectivity index (χ2v) is 2.99. The zero-order valence-electron chi connectivity index (χ0n) is 9.39. The molecule has 0 aromatic rings. The SMILES string of the molecule is CCCCOC(C=O)C(=O)C(OC)OC. The standard InChI is InChI=1S/C10H18O5/c1-4-5-6-15-8(7-11)9(12)10(13-2)14-3/h7-8,10H,4-6H2,1-3H3. The van der Waals surface area contributed by atoms with Crippen LogP contribution in [0.15, 0.2) is 0 Å². The van der Waals surface area contributed by atoms with E-state index in [0.717, 1.165) is 12.8 Å². The van der Waals surface area contributed by atoms with E-state index in [0.29, 0.717) is 12.9 Å². The average molecular weight is 218 g/mol. The van der Waals surface area contributed by atoms with Crippen LogP contribution < -0.4 is 0 Å². The van der Waals surface area contributed by atoms with Gasteiger partial charge in [0, 0.05) is 20.8 Å². The van der Waals surface area contributed by atoms with Crippen molar-refractivity contribution in [1.29, 1.82) is 0 Å². The number of rotatable bonds is 9. The van der Waals surface area contributed by atoms with Crippen LogP contribution >= 0.6 is 0 Å². The second-order valence-electron chi connectivity index (χ2n) is 2.99. The topological polar surface area (TPSA) is 61.8 Å². The smallest absolute Gasteiger partial charge is 0.224 e. The number of hydrogen-bond donors (Lipinski definition) is 0. The monoisotopic (exact) mass is 218 g/mol. The van der Waals surface area contributed by atoms with Crippen molar-refractivity contribution in [3.8, 4) is 0 Å². The number of ether oxygens (including phenoxy) is 3. The molecule has 0 aromatic heterocycles. The lowest BCUT2D eigenvalue weighted by atomic mass is 10.2. The summed E-state index contributed by atoms with van der Waals surface area (Å²) in [4.78, 5) is 22.1. The van der Waals surface area contributed by atoms with Gasteiger partial charge in [-0.1, -0.05) is 13.3 Å². The van der Waals surface area contributed by atoms with Crippen molar-refractivity contribution in [2.45, 2.75) is 32.2 Å². The van der Waals surface area contributed by atoms with Crippen LogP contribution in [0.3, 0.4) is 0 Å². The van der Waals surface area contributed by atoms with Crippen LogP contribution in [0, 0.1) is 0 Å². The van der Waals surface area contributed by atoms with Gasteiger partial charge in [-0.2, -0.15) is 0 Å². The minimum atomic E-state index is -1.10. The lowest BCUT2D eigenvalue weighted by Crippen LogP contribution is -2.37. The molecule has 0 saturated heterocycles. The first-order chi connectivity index (χ1) is 7.21. The van der Waals surface area contributed by atoms with E-state index in [-0.39, 0.29) is 0 Å². The minimum Gasteiger partial charge on any atom is -0.363 e. The number of methoxy groups -OCH3 is 2. The first-order valence-electron chi connectivity index (χ1n) is 4.87. The highest BCUT2D eigenvalue weighted by molar-refractivity contribution is 5.98. The molecule has 5 nitrogen and oxygen atoms in total. The van der Waals surface area contributed by atoms with Gasteiger partial charge in [-0.25, -0.2) is 0 Å². The summed E-state index contributed by atoms with van der Waals surface area (Å²) in [5.41, 5.74) is 0. The van der Waals surface area contributed by atoms with Crippen LogP contribution in [0.5, 0.6) is 0 Å². The highest BCUT2D eigenvalue weighted by atomic mass is 16.7. The van der Waals surface area contributed by atoms with Crippen LogP contribution in [0.25, 0.3) is 0 Å². The highest BCUT2D eigenvalue weighted by Crippen LogP contribution is 2.02. The van der Waals surface area contributed by atoms with Gasteiger partial charge in [0.05, 0.1) is 0 Å². The molecule has 1 atom stereocenters. The summed E-state index contributed by atoms with van der Waals surface area (Å²) < 4.78 is 14.6. The van der Waals surface area contributed by atoms with Crippen LogP contribution in [0.1, 0.15) is 19.8 Å². The van der Waals surface area contributed by atoms with E-state index in [4.69, 9.17) is 14.2 Å². The van der Waals surface area contributed by atoms with E-state index in [2.05, 4.69) is 0 Å². The molecule has 0 fully saturated rings. The molecule has 0 aliphatic carbocycles. The Bertz CT molecular complexity index is 188. The van der Waals surface area contributed by atoms with Crippen molar-refractivity contribution in [1.82, 2.24) is 0 Å². The minimum absolute atomic E-state index is 0.381. The Morgan fingerprint density at radius 3 is 2.33 bits per heavy atom. The quantitative estimate of drug-likeness (QED) is 0.245. The summed E-state index contributed by atoms with van der Waals surface area (Å²) >= 11 is 0. The van der Waals surface area contributed by atoms with E-state index in [9.17, 15) is 9.59 Å². The number of ketones is 1. The van der Waals surface area contributed by atoms with Gasteiger partial charge in [0.1, 0.15) is 0 Å². The van der Waals surface area contributed by atoms with Crippen molar-refractivity contribution in [2.24, 2.45) is 0 Å². The number of hydrogen-bond acceptors (Lipinski definition) is 5. The van der Waals surface area contributed by atoms with Gasteiger partial charge >= 0.3 is 0 Å². The molecule has 88 valence electrons. The summed E-state index contributed by atoms with van der Waals surface area (Å²) in [6, 6.07) is 0. The molecule has 5 heteroatoms. The molecule has 1 unspecified atom stereocenters. The lowest BCUT2D eigenvalue weighted by Gasteiger charge is -2.16. The Kier molecular flexibility index (Phi) is 8.08. The third kappa shape index (κ3) is 5.01. The number of carbonyl (C=O) groups excluding carboxylic acids is 2. The molecular weight excluding hydrogens is 200 g/mol. The van der Waals surface area contributed by atoms with E-state index in [1.54, 1.807) is 0 Å². The van der Waals surface area contributed by atoms with Crippen LogP contribution in [0.2, 0.25) is 0 Å². The Hall–Kier alpha value is -0.780. The molecule has 0 spiro atoms. The maximum atomic E-state index is 11.5. The summed E-state index contributed by atoms with van der Waals surface area (Å²) in [5.74, 6) is -0.508. The average Bonchev–Trinajstić information content (AvgIpc) is 2.26. The third-order valence-electron chi connectivity index (χ3n) is 1.86. The van der Waals surface area contributed by atoms with Gasteiger partial charge < -0.3 is 14.2 Å². The van der Waals surface area contributed by atoms with Crippen molar-refractivity contribution >= 4 is 12.1 Å². The number of aldehydes is 1. The molecule has 0 saturated carbocycles. The fourth-order valence-corrected chi connectivity index (χ4v) is 1.01. The zero-order chi connectivity index (χ0) is 11.7. The fourth-order valence-electron chi connectivity index (χ4n) is 1.01. The van der Waals surface area contributed by atoms with E-state index < -0.39 is 18.2 Å². The molecule has 0 bridgehead atoms. The summed E-state index contributed by atoms with van der Waals surface area (Å²) in [5, 5.41) is 0. The number of unbranched alkanes of at least 4 members (excludes halogenated alkanes) is 1. The fraction of sp³-hybridized carbons (Fsp3) is 0.800. The van der Waals surface area contributed by atoms with Crippen LogP contribution in [-0.2, 0) is 23.8 Å². The molecule has 15 heavy (non-hydrogen) atoms. The first-order valence-corrected chi connectivity index (χ1v) is 4.87. The molecule has 0 aromatic carbocycles. The number of Topliss-reactive ketones (excluding diaryl/α,β-unsaturated/α-hetero) is 1. The Balaban J connectivity index is 4.14. The second kappa shape index (κ2) is 8.52. The zero-order valence-corrected chi connectivity index (χ0v) is 9.39. The lowest BCUT2D eigenvalue weighted by molar-refractivity contribution is -0.168. The highest BCUT2D eigenvalue weighted by Gasteiger charge is 2.27. The van der Waals surface area contributed by atoms with E-state index in [1.807, 2.05) is 6.92 Å². The van der Waals surface area contributed by atoms with Crippen molar-refractivity contribution < 1.29 is 23.8 Å². The Labute approximate surface area is 89.7 Å². The van der Waals surface area contributed by atoms with Gasteiger partial charge in [0.25, 0.3) is 0 Å². The molecular formula is C10H18O5. The van der Waals surface area contributed by atoms with Crippen molar-refractivity contribution in [3.05, 3.63) is 0 Å². The van der Waals surface area contributed by atoms with Gasteiger partial charge in [0.2, 0.25) is 12.1 Å². The molecule has 0 radical (unpaired) electrons. The molecule has 0 N–H and O–H groups in total. The third-order valence-corrected chi connectivity index (χ3v) is 1.86. The summed E-state index contributed by atoms with van der Waals surface area (Å²) in [6.45, 7) is 2.38. The first kappa shape index (κ1) is 14.2. The maximum absolute atomic E-state index is 11.5. The molecule has 0 aliphatic heterocycles. The maximum Gasteiger partial charge on any atom is 0.224 e. The molecule has 0 rings (SSSR count). The molecule has 0 heterocycles. The molecule has 0 amide bonds. The summed E-state index contributed by atoms with van der Waals surface area (Å²) in [6.07, 6.45) is 0.0755. The predicted octanol–water partition coefficient (Wildman–Crippen LogP) is 0.559. The number of carbonyl (C=O) groups is 2. The Morgan fingerprint density at radius 1 is 1.33 bits per heavy atom.